The van der Waals surface area contributed by atoms with E-state index in [1.165, 1.54) is 0 Å². The summed E-state index contributed by atoms with van der Waals surface area (Å²) in [6, 6.07) is 14.2. The number of fused-ring (bicyclic) bond motifs is 1. The van der Waals surface area contributed by atoms with Crippen molar-refractivity contribution in [2.45, 2.75) is 26.7 Å². The molecule has 0 saturated heterocycles. The number of benzene rings is 2. The van der Waals surface area contributed by atoms with Crippen LogP contribution >= 0.6 is 0 Å². The van der Waals surface area contributed by atoms with Gasteiger partial charge < -0.3 is 13.9 Å². The van der Waals surface area contributed by atoms with Crippen molar-refractivity contribution in [2.75, 3.05) is 6.61 Å². The van der Waals surface area contributed by atoms with Crippen molar-refractivity contribution in [1.82, 2.24) is 0 Å². The number of esters is 1. The Balaban J connectivity index is 1.73. The maximum Gasteiger partial charge on any atom is 0.375 e. The molecule has 0 amide bonds. The molecule has 0 unspecified atom stereocenters. The number of hydrogen-bond donors (Lipinski definition) is 0. The first-order valence-electron chi connectivity index (χ1n) is 8.72. The number of aryl methyl sites for hydroxylation is 2. The fourth-order valence-corrected chi connectivity index (χ4v) is 2.84. The largest absolute Gasteiger partial charge is 0.451 e. The molecule has 0 fully saturated rings. The molecule has 138 valence electrons. The van der Waals surface area contributed by atoms with Gasteiger partial charge in [-0.25, -0.2) is 4.79 Å². The van der Waals surface area contributed by atoms with Crippen LogP contribution in [0.3, 0.4) is 0 Å². The maximum absolute atomic E-state index is 12.4. The van der Waals surface area contributed by atoms with Gasteiger partial charge in [0.25, 0.3) is 0 Å². The van der Waals surface area contributed by atoms with Crippen LogP contribution in [0.5, 0.6) is 0 Å². The van der Waals surface area contributed by atoms with Crippen LogP contribution in [0.1, 0.15) is 45.4 Å². The molecule has 0 radical (unpaired) electrons. The Labute approximate surface area is 156 Å². The summed E-state index contributed by atoms with van der Waals surface area (Å²) < 4.78 is 10.8. The highest BCUT2D eigenvalue weighted by molar-refractivity contribution is 6.00. The molecule has 0 N–H and O–H groups in total. The Hall–Kier alpha value is -3.21. The smallest absolute Gasteiger partial charge is 0.375 e. The highest BCUT2D eigenvalue weighted by Gasteiger charge is 2.20. The molecular formula is C22H20O5. The predicted molar refractivity (Wildman–Crippen MR) is 101 cm³/mol. The van der Waals surface area contributed by atoms with Gasteiger partial charge in [0, 0.05) is 22.9 Å². The Morgan fingerprint density at radius 3 is 2.48 bits per heavy atom. The van der Waals surface area contributed by atoms with Gasteiger partial charge in [-0.15, -0.1) is 0 Å². The van der Waals surface area contributed by atoms with Gasteiger partial charge in [0.05, 0.1) is 0 Å². The van der Waals surface area contributed by atoms with E-state index in [0.717, 1.165) is 10.9 Å². The molecule has 0 aliphatic rings. The molecule has 2 aromatic carbocycles. The average Bonchev–Trinajstić information content (AvgIpc) is 3.01. The van der Waals surface area contributed by atoms with Gasteiger partial charge in [-0.1, -0.05) is 36.4 Å². The SMILES string of the molecule is CC(=O)CCc1ccc2oc(C(=O)OCC(=O)c3ccccc3)c(C)c2c1. The molecule has 1 aromatic heterocycles. The Morgan fingerprint density at radius 1 is 1.04 bits per heavy atom. The minimum Gasteiger partial charge on any atom is -0.451 e. The van der Waals surface area contributed by atoms with E-state index in [4.69, 9.17) is 9.15 Å². The van der Waals surface area contributed by atoms with Gasteiger partial charge in [0.15, 0.2) is 12.4 Å². The fourth-order valence-electron chi connectivity index (χ4n) is 2.84. The minimum absolute atomic E-state index is 0.0922. The molecule has 3 rings (SSSR count). The number of carbonyl (C=O) groups is 3. The van der Waals surface area contributed by atoms with Crippen LogP contribution in [0.25, 0.3) is 11.0 Å². The highest BCUT2D eigenvalue weighted by atomic mass is 16.5. The zero-order chi connectivity index (χ0) is 19.4. The number of rotatable bonds is 7. The van der Waals surface area contributed by atoms with E-state index in [9.17, 15) is 14.4 Å². The molecule has 5 nitrogen and oxygen atoms in total. The summed E-state index contributed by atoms with van der Waals surface area (Å²) in [5.41, 5.74) is 2.72. The van der Waals surface area contributed by atoms with E-state index < -0.39 is 5.97 Å². The van der Waals surface area contributed by atoms with E-state index in [1.807, 2.05) is 18.2 Å². The van der Waals surface area contributed by atoms with E-state index in [0.29, 0.717) is 29.6 Å². The standard InChI is InChI=1S/C22H20O5/c1-14(23)8-9-16-10-11-20-18(12-16)15(2)21(27-20)22(25)26-13-19(24)17-6-4-3-5-7-17/h3-7,10-12H,8-9,13H2,1-2H3. The van der Waals surface area contributed by atoms with Crippen LogP contribution in [-0.2, 0) is 16.0 Å². The van der Waals surface area contributed by atoms with E-state index in [1.54, 1.807) is 44.2 Å². The number of furan rings is 1. The van der Waals surface area contributed by atoms with Crippen LogP contribution in [-0.4, -0.2) is 24.1 Å². The summed E-state index contributed by atoms with van der Waals surface area (Å²) in [6.07, 6.45) is 1.11. The van der Waals surface area contributed by atoms with Crippen LogP contribution < -0.4 is 0 Å². The van der Waals surface area contributed by atoms with Crippen molar-refractivity contribution in [3.63, 3.8) is 0 Å². The minimum atomic E-state index is -0.668. The van der Waals surface area contributed by atoms with Crippen LogP contribution in [0.4, 0.5) is 0 Å². The third kappa shape index (κ3) is 4.31. The van der Waals surface area contributed by atoms with Gasteiger partial charge in [0.2, 0.25) is 5.76 Å². The van der Waals surface area contributed by atoms with Crippen molar-refractivity contribution >= 4 is 28.5 Å². The number of ketones is 2. The molecular weight excluding hydrogens is 344 g/mol. The lowest BCUT2D eigenvalue weighted by molar-refractivity contribution is -0.116. The number of Topliss-reactive ketones (excluding diaryl/α,β-unsaturated/α-hetero) is 2. The summed E-state index contributed by atoms with van der Waals surface area (Å²) in [6.45, 7) is 2.99. The summed E-state index contributed by atoms with van der Waals surface area (Å²) in [7, 11) is 0. The van der Waals surface area contributed by atoms with Crippen LogP contribution in [0.15, 0.2) is 52.9 Å². The van der Waals surface area contributed by atoms with E-state index >= 15 is 0 Å². The van der Waals surface area contributed by atoms with Gasteiger partial charge >= 0.3 is 5.97 Å². The Morgan fingerprint density at radius 2 is 1.78 bits per heavy atom. The van der Waals surface area contributed by atoms with Crippen molar-refractivity contribution in [3.8, 4) is 0 Å². The highest BCUT2D eigenvalue weighted by Crippen LogP contribution is 2.27. The van der Waals surface area contributed by atoms with Gasteiger partial charge in [-0.3, -0.25) is 4.79 Å². The monoisotopic (exact) mass is 364 g/mol. The van der Waals surface area contributed by atoms with Crippen molar-refractivity contribution < 1.29 is 23.5 Å². The van der Waals surface area contributed by atoms with E-state index in [-0.39, 0.29) is 23.9 Å². The van der Waals surface area contributed by atoms with Crippen LogP contribution in [0.2, 0.25) is 0 Å². The number of carbonyl (C=O) groups excluding carboxylic acids is 3. The molecule has 0 aliphatic heterocycles. The first kappa shape index (κ1) is 18.6. The predicted octanol–water partition coefficient (Wildman–Crippen LogP) is 4.30. The second-order valence-corrected chi connectivity index (χ2v) is 6.45. The van der Waals surface area contributed by atoms with Gasteiger partial charge in [0.1, 0.15) is 11.4 Å². The average molecular weight is 364 g/mol. The molecule has 0 spiro atoms. The summed E-state index contributed by atoms with van der Waals surface area (Å²) >= 11 is 0. The lowest BCUT2D eigenvalue weighted by atomic mass is 10.0. The topological polar surface area (TPSA) is 73.6 Å². The Kier molecular flexibility index (Phi) is 5.50. The summed E-state index contributed by atoms with van der Waals surface area (Å²) in [4.78, 5) is 35.6. The lowest BCUT2D eigenvalue weighted by Gasteiger charge is -2.03. The zero-order valence-electron chi connectivity index (χ0n) is 15.3. The molecule has 0 bridgehead atoms. The van der Waals surface area contributed by atoms with Crippen molar-refractivity contribution in [2.24, 2.45) is 0 Å². The molecule has 1 heterocycles. The zero-order valence-corrected chi connectivity index (χ0v) is 15.3. The van der Waals surface area contributed by atoms with Gasteiger partial charge in [-0.2, -0.15) is 0 Å². The third-order valence-electron chi connectivity index (χ3n) is 4.38. The Bertz CT molecular complexity index is 998. The molecule has 27 heavy (non-hydrogen) atoms. The lowest BCUT2D eigenvalue weighted by Crippen LogP contribution is -2.14. The maximum atomic E-state index is 12.4. The quantitative estimate of drug-likeness (QED) is 0.461. The molecule has 0 atom stereocenters. The van der Waals surface area contributed by atoms with Crippen LogP contribution in [0, 0.1) is 6.92 Å². The molecule has 5 heteroatoms. The summed E-state index contributed by atoms with van der Waals surface area (Å²) in [5, 5.41) is 0.803. The van der Waals surface area contributed by atoms with Gasteiger partial charge in [-0.05, 0) is 38.0 Å². The third-order valence-corrected chi connectivity index (χ3v) is 4.38. The number of hydrogen-bond acceptors (Lipinski definition) is 5. The first-order chi connectivity index (χ1) is 13.0. The fraction of sp³-hybridized carbons (Fsp3) is 0.227. The van der Waals surface area contributed by atoms with Crippen molar-refractivity contribution in [1.29, 1.82) is 0 Å². The number of ether oxygens (including phenoxy) is 1. The van der Waals surface area contributed by atoms with E-state index in [2.05, 4.69) is 0 Å². The summed E-state index contributed by atoms with van der Waals surface area (Å²) in [5.74, 6) is -0.719. The first-order valence-corrected chi connectivity index (χ1v) is 8.72. The molecule has 3 aromatic rings. The normalized spacial score (nSPS) is 10.7. The molecule has 0 aliphatic carbocycles. The molecule has 0 saturated carbocycles. The second-order valence-electron chi connectivity index (χ2n) is 6.45. The van der Waals surface area contributed by atoms with Crippen molar-refractivity contribution in [3.05, 3.63) is 71.0 Å². The second kappa shape index (κ2) is 7.99.